The van der Waals surface area contributed by atoms with Gasteiger partial charge in [-0.15, -0.1) is 0 Å². The Morgan fingerprint density at radius 3 is 2.52 bits per heavy atom. The third-order valence-corrected chi connectivity index (χ3v) is 4.13. The van der Waals surface area contributed by atoms with Crippen LogP contribution in [0.15, 0.2) is 48.7 Å². The van der Waals surface area contributed by atoms with Gasteiger partial charge in [0.15, 0.2) is 0 Å². The molecule has 6 heteroatoms. The summed E-state index contributed by atoms with van der Waals surface area (Å²) in [5.41, 5.74) is 2.36. The Morgan fingerprint density at radius 1 is 1.12 bits per heavy atom. The van der Waals surface area contributed by atoms with Crippen LogP contribution in [0.1, 0.15) is 18.4 Å². The maximum atomic E-state index is 12.0. The third-order valence-electron chi connectivity index (χ3n) is 3.90. The average Bonchev–Trinajstić information content (AvgIpc) is 2.61. The first-order valence-corrected chi connectivity index (χ1v) is 8.23. The molecule has 3 aromatic rings. The summed E-state index contributed by atoms with van der Waals surface area (Å²) < 4.78 is 5.76. The molecule has 2 aromatic carbocycles. The number of halogens is 1. The van der Waals surface area contributed by atoms with Crippen molar-refractivity contribution in [3.8, 4) is 11.6 Å². The summed E-state index contributed by atoms with van der Waals surface area (Å²) in [5, 5.41) is 0.618. The van der Waals surface area contributed by atoms with Crippen LogP contribution in [0.2, 0.25) is 5.02 Å². The molecule has 1 unspecified atom stereocenters. The zero-order chi connectivity index (χ0) is 18.0. The van der Waals surface area contributed by atoms with Crippen molar-refractivity contribution in [2.75, 3.05) is 14.1 Å². The SMILES string of the molecule is CC(C(=O)N(C)C)c1ccc(Oc2cnc3cc(Cl)ccc3n2)cc1. The van der Waals surface area contributed by atoms with Gasteiger partial charge in [0.1, 0.15) is 5.75 Å². The molecule has 1 heterocycles. The summed E-state index contributed by atoms with van der Waals surface area (Å²) in [6, 6.07) is 12.7. The van der Waals surface area contributed by atoms with Crippen molar-refractivity contribution in [1.82, 2.24) is 14.9 Å². The van der Waals surface area contributed by atoms with Crippen LogP contribution < -0.4 is 4.74 Å². The molecule has 5 nitrogen and oxygen atoms in total. The molecule has 1 aromatic heterocycles. The normalized spacial score (nSPS) is 12.0. The number of fused-ring (bicyclic) bond motifs is 1. The van der Waals surface area contributed by atoms with E-state index in [2.05, 4.69) is 9.97 Å². The van der Waals surface area contributed by atoms with Crippen LogP contribution in [-0.4, -0.2) is 34.9 Å². The summed E-state index contributed by atoms with van der Waals surface area (Å²) in [5.74, 6) is 0.901. The van der Waals surface area contributed by atoms with Crippen molar-refractivity contribution in [1.29, 1.82) is 0 Å². The van der Waals surface area contributed by atoms with E-state index in [9.17, 15) is 4.79 Å². The first-order chi connectivity index (χ1) is 11.9. The number of carbonyl (C=O) groups excluding carboxylic acids is 1. The molecule has 0 aliphatic rings. The summed E-state index contributed by atoms with van der Waals surface area (Å²) in [4.78, 5) is 22.3. The second-order valence-electron chi connectivity index (χ2n) is 5.97. The Balaban J connectivity index is 1.77. The predicted octanol–water partition coefficient (Wildman–Crippen LogP) is 4.27. The van der Waals surface area contributed by atoms with Crippen LogP contribution in [-0.2, 0) is 4.79 Å². The van der Waals surface area contributed by atoms with Gasteiger partial charge < -0.3 is 9.64 Å². The molecular formula is C19H18ClN3O2. The smallest absolute Gasteiger partial charge is 0.238 e. The van der Waals surface area contributed by atoms with Crippen LogP contribution in [0.5, 0.6) is 11.6 Å². The van der Waals surface area contributed by atoms with Crippen molar-refractivity contribution in [2.24, 2.45) is 0 Å². The maximum absolute atomic E-state index is 12.0. The maximum Gasteiger partial charge on any atom is 0.238 e. The lowest BCUT2D eigenvalue weighted by atomic mass is 10.00. The van der Waals surface area contributed by atoms with E-state index in [0.717, 1.165) is 5.56 Å². The highest BCUT2D eigenvalue weighted by atomic mass is 35.5. The number of nitrogens with zero attached hydrogens (tertiary/aromatic N) is 3. The molecule has 0 aliphatic carbocycles. The summed E-state index contributed by atoms with van der Waals surface area (Å²) in [7, 11) is 3.50. The average molecular weight is 356 g/mol. The van der Waals surface area contributed by atoms with Gasteiger partial charge in [0.25, 0.3) is 0 Å². The van der Waals surface area contributed by atoms with Gasteiger partial charge in [-0.3, -0.25) is 4.79 Å². The largest absolute Gasteiger partial charge is 0.437 e. The molecule has 0 saturated carbocycles. The van der Waals surface area contributed by atoms with E-state index in [1.807, 2.05) is 31.2 Å². The van der Waals surface area contributed by atoms with E-state index in [0.29, 0.717) is 27.7 Å². The number of likely N-dealkylation sites (N-methyl/N-ethyl adjacent to an activating group) is 1. The Morgan fingerprint density at radius 2 is 1.84 bits per heavy atom. The third kappa shape index (κ3) is 3.88. The molecule has 1 atom stereocenters. The van der Waals surface area contributed by atoms with Crippen molar-refractivity contribution in [2.45, 2.75) is 12.8 Å². The van der Waals surface area contributed by atoms with Crippen LogP contribution in [0.3, 0.4) is 0 Å². The van der Waals surface area contributed by atoms with Crippen molar-refractivity contribution < 1.29 is 9.53 Å². The van der Waals surface area contributed by atoms with Gasteiger partial charge >= 0.3 is 0 Å². The quantitative estimate of drug-likeness (QED) is 0.701. The number of benzene rings is 2. The molecule has 25 heavy (non-hydrogen) atoms. The lowest BCUT2D eigenvalue weighted by Crippen LogP contribution is -2.26. The Hall–Kier alpha value is -2.66. The van der Waals surface area contributed by atoms with Crippen LogP contribution in [0.4, 0.5) is 0 Å². The minimum absolute atomic E-state index is 0.0627. The highest BCUT2D eigenvalue weighted by molar-refractivity contribution is 6.31. The minimum atomic E-state index is -0.200. The first kappa shape index (κ1) is 17.2. The van der Waals surface area contributed by atoms with Crippen molar-refractivity contribution >= 4 is 28.5 Å². The van der Waals surface area contributed by atoms with Crippen LogP contribution >= 0.6 is 11.6 Å². The van der Waals surface area contributed by atoms with Crippen LogP contribution in [0, 0.1) is 0 Å². The highest BCUT2D eigenvalue weighted by Gasteiger charge is 2.16. The summed E-state index contributed by atoms with van der Waals surface area (Å²) in [6.07, 6.45) is 1.56. The van der Waals surface area contributed by atoms with E-state index in [4.69, 9.17) is 16.3 Å². The van der Waals surface area contributed by atoms with E-state index in [1.165, 1.54) is 0 Å². The van der Waals surface area contributed by atoms with Gasteiger partial charge in [-0.1, -0.05) is 23.7 Å². The number of aromatic nitrogens is 2. The van der Waals surface area contributed by atoms with Gasteiger partial charge in [0, 0.05) is 19.1 Å². The topological polar surface area (TPSA) is 55.3 Å². The number of carbonyl (C=O) groups is 1. The van der Waals surface area contributed by atoms with Gasteiger partial charge in [-0.05, 0) is 42.8 Å². The zero-order valence-corrected chi connectivity index (χ0v) is 15.0. The molecule has 0 radical (unpaired) electrons. The summed E-state index contributed by atoms with van der Waals surface area (Å²) >= 11 is 5.94. The standard InChI is InChI=1S/C19H18ClN3O2/c1-12(19(24)23(2)3)13-4-7-15(8-5-13)25-18-11-21-17-10-14(20)6-9-16(17)22-18/h4-12H,1-3H3. The molecule has 128 valence electrons. The minimum Gasteiger partial charge on any atom is -0.437 e. The van der Waals surface area contributed by atoms with Crippen molar-refractivity contribution in [3.05, 3.63) is 59.2 Å². The van der Waals surface area contributed by atoms with Crippen molar-refractivity contribution in [3.63, 3.8) is 0 Å². The number of rotatable bonds is 4. The Bertz CT molecular complexity index is 910. The van der Waals surface area contributed by atoms with E-state index < -0.39 is 0 Å². The predicted molar refractivity (Wildman–Crippen MR) is 98.2 cm³/mol. The Kier molecular flexibility index (Phi) is 4.86. The lowest BCUT2D eigenvalue weighted by molar-refractivity contribution is -0.129. The second kappa shape index (κ2) is 7.07. The fourth-order valence-electron chi connectivity index (χ4n) is 2.49. The zero-order valence-electron chi connectivity index (χ0n) is 14.2. The molecule has 0 spiro atoms. The number of hydrogen-bond acceptors (Lipinski definition) is 4. The lowest BCUT2D eigenvalue weighted by Gasteiger charge is -2.17. The number of amides is 1. The fraction of sp³-hybridized carbons (Fsp3) is 0.211. The number of ether oxygens (including phenoxy) is 1. The Labute approximate surface area is 151 Å². The fourth-order valence-corrected chi connectivity index (χ4v) is 2.66. The monoisotopic (exact) mass is 355 g/mol. The second-order valence-corrected chi connectivity index (χ2v) is 6.40. The molecule has 1 amide bonds. The van der Waals surface area contributed by atoms with Gasteiger partial charge in [-0.2, -0.15) is 0 Å². The first-order valence-electron chi connectivity index (χ1n) is 7.85. The molecule has 0 N–H and O–H groups in total. The van der Waals surface area contributed by atoms with Gasteiger partial charge in [-0.25, -0.2) is 9.97 Å². The van der Waals surface area contributed by atoms with E-state index in [-0.39, 0.29) is 11.8 Å². The van der Waals surface area contributed by atoms with Gasteiger partial charge in [0.2, 0.25) is 11.8 Å². The number of hydrogen-bond donors (Lipinski definition) is 0. The molecule has 0 bridgehead atoms. The molecule has 3 rings (SSSR count). The molecular weight excluding hydrogens is 338 g/mol. The molecule has 0 saturated heterocycles. The van der Waals surface area contributed by atoms with Crippen LogP contribution in [0.25, 0.3) is 11.0 Å². The van der Waals surface area contributed by atoms with Gasteiger partial charge in [0.05, 0.1) is 23.1 Å². The molecule has 0 fully saturated rings. The summed E-state index contributed by atoms with van der Waals surface area (Å²) in [6.45, 7) is 1.89. The van der Waals surface area contributed by atoms with E-state index >= 15 is 0 Å². The molecule has 0 aliphatic heterocycles. The van der Waals surface area contributed by atoms with E-state index in [1.54, 1.807) is 43.4 Å². The highest BCUT2D eigenvalue weighted by Crippen LogP contribution is 2.25.